The Bertz CT molecular complexity index is 1350. The highest BCUT2D eigenvalue weighted by Crippen LogP contribution is 2.33. The van der Waals surface area contributed by atoms with Crippen LogP contribution in [0.15, 0.2) is 66.7 Å². The van der Waals surface area contributed by atoms with E-state index < -0.39 is 34.8 Å². The molecule has 30 heavy (non-hydrogen) atoms. The molecule has 0 fully saturated rings. The van der Waals surface area contributed by atoms with Crippen molar-refractivity contribution in [2.24, 2.45) is 0 Å². The van der Waals surface area contributed by atoms with E-state index in [2.05, 4.69) is 0 Å². The number of benzene rings is 4. The number of fused-ring (bicyclic) bond motifs is 2. The van der Waals surface area contributed by atoms with Crippen LogP contribution in [0.5, 0.6) is 11.5 Å². The van der Waals surface area contributed by atoms with Gasteiger partial charge in [0.15, 0.2) is 5.75 Å². The lowest BCUT2D eigenvalue weighted by molar-refractivity contribution is 0.0673. The standard InChI is InChI=1S/C23H14O7/c24-16-8-7-12-9-15(6-5-13(12)10-16)23(29)30-20-18(21(25)26)11-14-3-1-2-4-17(14)19(20)22(27)28/h1-11,24H,(H,25,26)(H,27,28). The molecule has 0 saturated carbocycles. The fourth-order valence-electron chi connectivity index (χ4n) is 3.32. The molecule has 0 bridgehead atoms. The topological polar surface area (TPSA) is 121 Å². The van der Waals surface area contributed by atoms with Gasteiger partial charge < -0.3 is 20.1 Å². The van der Waals surface area contributed by atoms with Gasteiger partial charge in [0.1, 0.15) is 16.9 Å². The Balaban J connectivity index is 1.84. The van der Waals surface area contributed by atoms with E-state index in [-0.39, 0.29) is 16.7 Å². The second-order valence-corrected chi connectivity index (χ2v) is 6.60. The summed E-state index contributed by atoms with van der Waals surface area (Å²) >= 11 is 0. The molecule has 0 amide bonds. The fourth-order valence-corrected chi connectivity index (χ4v) is 3.32. The smallest absolute Gasteiger partial charge is 0.343 e. The molecule has 148 valence electrons. The normalized spacial score (nSPS) is 10.8. The van der Waals surface area contributed by atoms with E-state index in [9.17, 15) is 29.7 Å². The number of phenolic OH excluding ortho intramolecular Hbond substituents is 1. The number of carbonyl (C=O) groups excluding carboxylic acids is 1. The number of aromatic hydroxyl groups is 1. The lowest BCUT2D eigenvalue weighted by Gasteiger charge is -2.14. The number of phenols is 1. The Morgan fingerprint density at radius 1 is 0.733 bits per heavy atom. The first-order valence-corrected chi connectivity index (χ1v) is 8.82. The van der Waals surface area contributed by atoms with Crippen LogP contribution in [0.4, 0.5) is 0 Å². The fraction of sp³-hybridized carbons (Fsp3) is 0. The molecule has 0 unspecified atom stereocenters. The number of esters is 1. The van der Waals surface area contributed by atoms with Gasteiger partial charge in [-0.25, -0.2) is 14.4 Å². The van der Waals surface area contributed by atoms with Gasteiger partial charge in [-0.3, -0.25) is 0 Å². The number of ether oxygens (including phenoxy) is 1. The second kappa shape index (κ2) is 7.21. The molecule has 0 saturated heterocycles. The molecular weight excluding hydrogens is 388 g/mol. The second-order valence-electron chi connectivity index (χ2n) is 6.60. The molecule has 0 atom stereocenters. The van der Waals surface area contributed by atoms with Crippen molar-refractivity contribution in [1.82, 2.24) is 0 Å². The number of rotatable bonds is 4. The molecule has 0 heterocycles. The predicted octanol–water partition coefficient (Wildman–Crippen LogP) is 4.31. The van der Waals surface area contributed by atoms with Crippen LogP contribution in [0.3, 0.4) is 0 Å². The summed E-state index contributed by atoms with van der Waals surface area (Å²) in [4.78, 5) is 36.4. The van der Waals surface area contributed by atoms with E-state index in [1.54, 1.807) is 30.3 Å². The Labute approximate surface area is 169 Å². The first kappa shape index (κ1) is 18.9. The molecule has 0 spiro atoms. The molecule has 0 aliphatic heterocycles. The highest BCUT2D eigenvalue weighted by Gasteiger charge is 2.26. The minimum Gasteiger partial charge on any atom is -0.508 e. The number of carbonyl (C=O) groups is 3. The van der Waals surface area contributed by atoms with Crippen molar-refractivity contribution in [3.63, 3.8) is 0 Å². The highest BCUT2D eigenvalue weighted by molar-refractivity contribution is 6.12. The van der Waals surface area contributed by atoms with Gasteiger partial charge in [-0.2, -0.15) is 0 Å². The van der Waals surface area contributed by atoms with Crippen LogP contribution >= 0.6 is 0 Å². The average molecular weight is 402 g/mol. The Hall–Kier alpha value is -4.39. The van der Waals surface area contributed by atoms with Crippen molar-refractivity contribution in [2.75, 3.05) is 0 Å². The largest absolute Gasteiger partial charge is 0.508 e. The molecule has 3 N–H and O–H groups in total. The van der Waals surface area contributed by atoms with Crippen molar-refractivity contribution >= 4 is 39.5 Å². The summed E-state index contributed by atoms with van der Waals surface area (Å²) in [5, 5.41) is 30.8. The van der Waals surface area contributed by atoms with E-state index >= 15 is 0 Å². The van der Waals surface area contributed by atoms with Crippen molar-refractivity contribution < 1.29 is 34.4 Å². The van der Waals surface area contributed by atoms with E-state index in [1.807, 2.05) is 0 Å². The van der Waals surface area contributed by atoms with Gasteiger partial charge in [-0.05, 0) is 46.5 Å². The van der Waals surface area contributed by atoms with Gasteiger partial charge in [0.05, 0.1) is 5.56 Å². The molecule has 4 rings (SSSR count). The van der Waals surface area contributed by atoms with Gasteiger partial charge in [0.25, 0.3) is 0 Å². The van der Waals surface area contributed by atoms with E-state index in [1.165, 1.54) is 36.4 Å². The molecule has 0 aliphatic carbocycles. The van der Waals surface area contributed by atoms with Crippen molar-refractivity contribution in [1.29, 1.82) is 0 Å². The average Bonchev–Trinajstić information content (AvgIpc) is 2.72. The van der Waals surface area contributed by atoms with Crippen molar-refractivity contribution in [3.8, 4) is 11.5 Å². The Morgan fingerprint density at radius 2 is 1.43 bits per heavy atom. The van der Waals surface area contributed by atoms with E-state index in [0.29, 0.717) is 16.2 Å². The van der Waals surface area contributed by atoms with Crippen LogP contribution < -0.4 is 4.74 Å². The minimum absolute atomic E-state index is 0.0752. The van der Waals surface area contributed by atoms with Crippen LogP contribution in [0.2, 0.25) is 0 Å². The molecular formula is C23H14O7. The van der Waals surface area contributed by atoms with Gasteiger partial charge >= 0.3 is 17.9 Å². The molecule has 4 aromatic rings. The number of carboxylic acids is 2. The SMILES string of the molecule is O=C(Oc1c(C(=O)O)cc2ccccc2c1C(=O)O)c1ccc2cc(O)ccc2c1. The summed E-state index contributed by atoms with van der Waals surface area (Å²) in [6, 6.07) is 16.8. The van der Waals surface area contributed by atoms with Gasteiger partial charge in [0, 0.05) is 5.39 Å². The third kappa shape index (κ3) is 3.29. The van der Waals surface area contributed by atoms with Crippen LogP contribution in [-0.4, -0.2) is 33.2 Å². The van der Waals surface area contributed by atoms with Crippen LogP contribution in [-0.2, 0) is 0 Å². The van der Waals surface area contributed by atoms with Crippen LogP contribution in [0.1, 0.15) is 31.1 Å². The van der Waals surface area contributed by atoms with E-state index in [0.717, 1.165) is 0 Å². The molecule has 7 heteroatoms. The van der Waals surface area contributed by atoms with Gasteiger partial charge in [-0.1, -0.05) is 36.4 Å². The molecule has 7 nitrogen and oxygen atoms in total. The minimum atomic E-state index is -1.42. The Morgan fingerprint density at radius 3 is 2.17 bits per heavy atom. The molecule has 0 aromatic heterocycles. The highest BCUT2D eigenvalue weighted by atomic mass is 16.5. The summed E-state index contributed by atoms with van der Waals surface area (Å²) in [7, 11) is 0. The zero-order chi connectivity index (χ0) is 21.4. The number of hydrogen-bond donors (Lipinski definition) is 3. The third-order valence-electron chi connectivity index (χ3n) is 4.70. The summed E-state index contributed by atoms with van der Waals surface area (Å²) in [6.45, 7) is 0. The monoisotopic (exact) mass is 402 g/mol. The van der Waals surface area contributed by atoms with Gasteiger partial charge in [-0.15, -0.1) is 0 Å². The van der Waals surface area contributed by atoms with Gasteiger partial charge in [0.2, 0.25) is 0 Å². The lowest BCUT2D eigenvalue weighted by atomic mass is 9.99. The summed E-state index contributed by atoms with van der Waals surface area (Å²) in [5.41, 5.74) is -0.719. The van der Waals surface area contributed by atoms with Crippen molar-refractivity contribution in [3.05, 3.63) is 83.4 Å². The van der Waals surface area contributed by atoms with Crippen LogP contribution in [0.25, 0.3) is 21.5 Å². The lowest BCUT2D eigenvalue weighted by Crippen LogP contribution is -2.15. The first-order valence-electron chi connectivity index (χ1n) is 8.82. The maximum Gasteiger partial charge on any atom is 0.343 e. The maximum absolute atomic E-state index is 12.8. The predicted molar refractivity (Wildman–Crippen MR) is 108 cm³/mol. The molecule has 0 aliphatic rings. The number of hydrogen-bond acceptors (Lipinski definition) is 5. The summed E-state index contributed by atoms with van der Waals surface area (Å²) in [6.07, 6.45) is 0. The third-order valence-corrected chi connectivity index (χ3v) is 4.70. The molecule has 4 aromatic carbocycles. The zero-order valence-electron chi connectivity index (χ0n) is 15.3. The van der Waals surface area contributed by atoms with E-state index in [4.69, 9.17) is 4.74 Å². The quantitative estimate of drug-likeness (QED) is 0.343. The summed E-state index contributed by atoms with van der Waals surface area (Å²) < 4.78 is 5.32. The zero-order valence-corrected chi connectivity index (χ0v) is 15.3. The van der Waals surface area contributed by atoms with Crippen molar-refractivity contribution in [2.45, 2.75) is 0 Å². The summed E-state index contributed by atoms with van der Waals surface area (Å²) in [5.74, 6) is -4.17. The first-order chi connectivity index (χ1) is 14.3. The molecule has 0 radical (unpaired) electrons. The van der Waals surface area contributed by atoms with Crippen LogP contribution in [0, 0.1) is 0 Å². The maximum atomic E-state index is 12.8. The number of carboxylic acid groups (broad SMARTS) is 2. The number of aromatic carboxylic acids is 2. The Kier molecular flexibility index (Phi) is 4.56.